The van der Waals surface area contributed by atoms with E-state index in [2.05, 4.69) is 18.1 Å². The van der Waals surface area contributed by atoms with Crippen molar-refractivity contribution in [1.82, 2.24) is 4.90 Å². The summed E-state index contributed by atoms with van der Waals surface area (Å²) < 4.78 is 0. The summed E-state index contributed by atoms with van der Waals surface area (Å²) in [5.74, 6) is 1.17. The number of hydrogen-bond donors (Lipinski definition) is 1. The van der Waals surface area contributed by atoms with E-state index in [1.807, 2.05) is 11.8 Å². The number of rotatable bonds is 8. The maximum Gasteiger partial charge on any atom is 0.0558 e. The van der Waals surface area contributed by atoms with E-state index in [0.29, 0.717) is 0 Å². The first-order chi connectivity index (χ1) is 5.85. The zero-order valence-electron chi connectivity index (χ0n) is 8.25. The molecule has 0 aromatic carbocycles. The molecule has 74 valence electrons. The van der Waals surface area contributed by atoms with Crippen molar-refractivity contribution >= 4 is 11.8 Å². The number of thioether (sulfide) groups is 1. The van der Waals surface area contributed by atoms with Gasteiger partial charge in [-0.1, -0.05) is 13.3 Å². The van der Waals surface area contributed by atoms with Gasteiger partial charge >= 0.3 is 0 Å². The van der Waals surface area contributed by atoms with Crippen LogP contribution in [-0.2, 0) is 0 Å². The van der Waals surface area contributed by atoms with Gasteiger partial charge < -0.3 is 10.0 Å². The molecule has 0 aliphatic rings. The Morgan fingerprint density at radius 2 is 2.00 bits per heavy atom. The van der Waals surface area contributed by atoms with Crippen molar-refractivity contribution in [1.29, 1.82) is 0 Å². The van der Waals surface area contributed by atoms with Crippen LogP contribution in [0, 0.1) is 0 Å². The number of aliphatic hydroxyl groups excluding tert-OH is 1. The number of unbranched alkanes of at least 4 members (excludes halogenated alkanes) is 1. The molecular weight excluding hydrogens is 170 g/mol. The minimum Gasteiger partial charge on any atom is -0.395 e. The molecule has 12 heavy (non-hydrogen) atoms. The number of aliphatic hydroxyl groups is 1. The van der Waals surface area contributed by atoms with Crippen LogP contribution < -0.4 is 0 Å². The Bertz CT molecular complexity index is 82.6. The maximum absolute atomic E-state index is 8.79. The summed E-state index contributed by atoms with van der Waals surface area (Å²) in [6.07, 6.45) is 4.60. The van der Waals surface area contributed by atoms with Crippen LogP contribution in [-0.4, -0.2) is 48.3 Å². The lowest BCUT2D eigenvalue weighted by Crippen LogP contribution is -2.30. The zero-order valence-corrected chi connectivity index (χ0v) is 9.07. The minimum absolute atomic E-state index is 0.290. The van der Waals surface area contributed by atoms with E-state index in [1.54, 1.807) is 0 Å². The third-order valence-electron chi connectivity index (χ3n) is 1.86. The lowest BCUT2D eigenvalue weighted by Gasteiger charge is -2.20. The maximum atomic E-state index is 8.79. The highest BCUT2D eigenvalue weighted by atomic mass is 32.2. The highest BCUT2D eigenvalue weighted by molar-refractivity contribution is 7.98. The lowest BCUT2D eigenvalue weighted by molar-refractivity contribution is 0.201. The molecule has 0 fully saturated rings. The second-order valence-electron chi connectivity index (χ2n) is 2.91. The summed E-state index contributed by atoms with van der Waals surface area (Å²) in [5.41, 5.74) is 0. The van der Waals surface area contributed by atoms with Gasteiger partial charge in [0.1, 0.15) is 0 Å². The van der Waals surface area contributed by atoms with Crippen LogP contribution in [0.1, 0.15) is 19.8 Å². The van der Waals surface area contributed by atoms with Gasteiger partial charge in [-0.05, 0) is 19.2 Å². The molecule has 0 radical (unpaired) electrons. The first kappa shape index (κ1) is 12.3. The molecule has 0 atom stereocenters. The van der Waals surface area contributed by atoms with Crippen molar-refractivity contribution in [2.75, 3.05) is 38.2 Å². The molecule has 0 spiro atoms. The van der Waals surface area contributed by atoms with Gasteiger partial charge in [-0.2, -0.15) is 11.8 Å². The molecule has 3 heteroatoms. The van der Waals surface area contributed by atoms with Crippen molar-refractivity contribution in [3.63, 3.8) is 0 Å². The molecule has 0 aromatic heterocycles. The molecule has 1 N–H and O–H groups in total. The zero-order chi connectivity index (χ0) is 9.23. The molecule has 0 rings (SSSR count). The van der Waals surface area contributed by atoms with Gasteiger partial charge in [-0.15, -0.1) is 0 Å². The average molecular weight is 191 g/mol. The lowest BCUT2D eigenvalue weighted by atomic mass is 10.3. The fourth-order valence-electron chi connectivity index (χ4n) is 1.08. The van der Waals surface area contributed by atoms with Crippen LogP contribution >= 0.6 is 11.8 Å². The van der Waals surface area contributed by atoms with Crippen molar-refractivity contribution in [3.05, 3.63) is 0 Å². The molecule has 0 bridgehead atoms. The van der Waals surface area contributed by atoms with Crippen molar-refractivity contribution in [3.8, 4) is 0 Å². The van der Waals surface area contributed by atoms with Crippen molar-refractivity contribution in [2.24, 2.45) is 0 Å². The van der Waals surface area contributed by atoms with Crippen LogP contribution in [0.2, 0.25) is 0 Å². The summed E-state index contributed by atoms with van der Waals surface area (Å²) in [4.78, 5) is 2.33. The molecule has 0 aromatic rings. The van der Waals surface area contributed by atoms with Crippen LogP contribution in [0.15, 0.2) is 0 Å². The Morgan fingerprint density at radius 1 is 1.25 bits per heavy atom. The fraction of sp³-hybridized carbons (Fsp3) is 1.00. The van der Waals surface area contributed by atoms with E-state index in [4.69, 9.17) is 5.11 Å². The molecule has 0 saturated heterocycles. The quantitative estimate of drug-likeness (QED) is 0.628. The minimum atomic E-state index is 0.290. The Morgan fingerprint density at radius 3 is 2.50 bits per heavy atom. The van der Waals surface area contributed by atoms with E-state index in [1.165, 1.54) is 18.6 Å². The third-order valence-corrected chi connectivity index (χ3v) is 2.45. The van der Waals surface area contributed by atoms with Gasteiger partial charge in [-0.25, -0.2) is 0 Å². The standard InChI is InChI=1S/C9H21NOS/c1-3-4-5-10(6-8-11)7-9-12-2/h11H,3-9H2,1-2H3. The Hall–Kier alpha value is 0.270. The molecule has 0 saturated carbocycles. The molecule has 0 aliphatic heterocycles. The van der Waals surface area contributed by atoms with E-state index in [-0.39, 0.29) is 6.61 Å². The number of hydrogen-bond acceptors (Lipinski definition) is 3. The van der Waals surface area contributed by atoms with Crippen molar-refractivity contribution in [2.45, 2.75) is 19.8 Å². The molecule has 0 aliphatic carbocycles. The number of nitrogens with zero attached hydrogens (tertiary/aromatic N) is 1. The highest BCUT2D eigenvalue weighted by Crippen LogP contribution is 1.98. The van der Waals surface area contributed by atoms with Gasteiger partial charge in [-0.3, -0.25) is 0 Å². The first-order valence-corrected chi connectivity index (χ1v) is 6.06. The SMILES string of the molecule is CCCCN(CCO)CCSC. The van der Waals surface area contributed by atoms with Crippen LogP contribution in [0.25, 0.3) is 0 Å². The van der Waals surface area contributed by atoms with E-state index >= 15 is 0 Å². The Kier molecular flexibility index (Phi) is 9.57. The Labute approximate surface area is 80.3 Å². The molecule has 0 heterocycles. The molecule has 0 amide bonds. The van der Waals surface area contributed by atoms with Gasteiger partial charge in [0.25, 0.3) is 0 Å². The average Bonchev–Trinajstić information content (AvgIpc) is 2.10. The van der Waals surface area contributed by atoms with Gasteiger partial charge in [0.15, 0.2) is 0 Å². The summed E-state index contributed by atoms with van der Waals surface area (Å²) in [7, 11) is 0. The molecule has 0 unspecified atom stereocenters. The highest BCUT2D eigenvalue weighted by Gasteiger charge is 2.01. The van der Waals surface area contributed by atoms with E-state index in [9.17, 15) is 0 Å². The van der Waals surface area contributed by atoms with Gasteiger partial charge in [0.2, 0.25) is 0 Å². The first-order valence-electron chi connectivity index (χ1n) is 4.67. The predicted molar refractivity (Wildman–Crippen MR) is 56.8 cm³/mol. The normalized spacial score (nSPS) is 11.0. The van der Waals surface area contributed by atoms with E-state index in [0.717, 1.165) is 19.6 Å². The topological polar surface area (TPSA) is 23.5 Å². The largest absolute Gasteiger partial charge is 0.395 e. The predicted octanol–water partition coefficient (Wildman–Crippen LogP) is 1.44. The monoisotopic (exact) mass is 191 g/mol. The van der Waals surface area contributed by atoms with Crippen molar-refractivity contribution < 1.29 is 5.11 Å². The van der Waals surface area contributed by atoms with Crippen LogP contribution in [0.4, 0.5) is 0 Å². The fourth-order valence-corrected chi connectivity index (χ4v) is 1.52. The van der Waals surface area contributed by atoms with Gasteiger partial charge in [0, 0.05) is 18.8 Å². The summed E-state index contributed by atoms with van der Waals surface area (Å²) >= 11 is 1.87. The summed E-state index contributed by atoms with van der Waals surface area (Å²) in [6, 6.07) is 0. The summed E-state index contributed by atoms with van der Waals surface area (Å²) in [6.45, 7) is 5.57. The second kappa shape index (κ2) is 9.36. The third kappa shape index (κ3) is 6.95. The van der Waals surface area contributed by atoms with E-state index < -0.39 is 0 Å². The van der Waals surface area contributed by atoms with Crippen LogP contribution in [0.5, 0.6) is 0 Å². The molecular formula is C9H21NOS. The van der Waals surface area contributed by atoms with Crippen LogP contribution in [0.3, 0.4) is 0 Å². The smallest absolute Gasteiger partial charge is 0.0558 e. The second-order valence-corrected chi connectivity index (χ2v) is 3.90. The summed E-state index contributed by atoms with van der Waals surface area (Å²) in [5, 5.41) is 8.79. The Balaban J connectivity index is 3.40. The van der Waals surface area contributed by atoms with Gasteiger partial charge in [0.05, 0.1) is 6.61 Å². The molecule has 2 nitrogen and oxygen atoms in total.